The molecule has 2 aromatic carbocycles. The summed E-state index contributed by atoms with van der Waals surface area (Å²) in [6.45, 7) is 2.06. The summed E-state index contributed by atoms with van der Waals surface area (Å²) >= 11 is 6.20. The van der Waals surface area contributed by atoms with Crippen molar-refractivity contribution in [2.45, 2.75) is 32.2 Å². The second-order valence-electron chi connectivity index (χ2n) is 5.63. The van der Waals surface area contributed by atoms with Gasteiger partial charge in [0.05, 0.1) is 7.11 Å². The molecule has 0 spiro atoms. The first-order valence-electron chi connectivity index (χ1n) is 7.35. The van der Waals surface area contributed by atoms with Crippen LogP contribution in [0.3, 0.4) is 0 Å². The molecule has 0 bridgehead atoms. The summed E-state index contributed by atoms with van der Waals surface area (Å²) in [4.78, 5) is 0. The van der Waals surface area contributed by atoms with Gasteiger partial charge in [-0.05, 0) is 67.1 Å². The van der Waals surface area contributed by atoms with Crippen LogP contribution in [0.1, 0.15) is 23.1 Å². The first kappa shape index (κ1) is 14.3. The SMILES string of the molecule is COc1ccc2c(c1)CC(Nc1cccc(Cl)c1C)CC2. The van der Waals surface area contributed by atoms with Crippen molar-refractivity contribution in [1.82, 2.24) is 0 Å². The molecule has 21 heavy (non-hydrogen) atoms. The lowest BCUT2D eigenvalue weighted by Crippen LogP contribution is -2.27. The number of hydrogen-bond acceptors (Lipinski definition) is 2. The molecule has 0 amide bonds. The van der Waals surface area contributed by atoms with Gasteiger partial charge in [0.15, 0.2) is 0 Å². The van der Waals surface area contributed by atoms with Crippen molar-refractivity contribution in [3.05, 3.63) is 58.1 Å². The van der Waals surface area contributed by atoms with E-state index in [4.69, 9.17) is 16.3 Å². The van der Waals surface area contributed by atoms with Gasteiger partial charge in [0, 0.05) is 16.8 Å². The zero-order valence-corrected chi connectivity index (χ0v) is 13.2. The molecule has 2 nitrogen and oxygen atoms in total. The van der Waals surface area contributed by atoms with Gasteiger partial charge in [-0.15, -0.1) is 0 Å². The first-order chi connectivity index (χ1) is 10.2. The minimum atomic E-state index is 0.446. The Morgan fingerprint density at radius 1 is 1.19 bits per heavy atom. The number of rotatable bonds is 3. The van der Waals surface area contributed by atoms with Crippen molar-refractivity contribution >= 4 is 17.3 Å². The lowest BCUT2D eigenvalue weighted by molar-refractivity contribution is 0.413. The zero-order chi connectivity index (χ0) is 14.8. The van der Waals surface area contributed by atoms with Crippen LogP contribution in [0.5, 0.6) is 5.75 Å². The van der Waals surface area contributed by atoms with Crippen molar-refractivity contribution in [3.63, 3.8) is 0 Å². The molecule has 1 aliphatic rings. The van der Waals surface area contributed by atoms with Gasteiger partial charge in [0.2, 0.25) is 0 Å². The summed E-state index contributed by atoms with van der Waals surface area (Å²) in [5.41, 5.74) is 5.09. The van der Waals surface area contributed by atoms with Crippen LogP contribution in [0.15, 0.2) is 36.4 Å². The Balaban J connectivity index is 1.78. The summed E-state index contributed by atoms with van der Waals surface area (Å²) in [7, 11) is 1.72. The fraction of sp³-hybridized carbons (Fsp3) is 0.333. The Kier molecular flexibility index (Phi) is 4.07. The molecule has 0 fully saturated rings. The monoisotopic (exact) mass is 301 g/mol. The molecule has 1 unspecified atom stereocenters. The lowest BCUT2D eigenvalue weighted by atomic mass is 9.88. The third-order valence-electron chi connectivity index (χ3n) is 4.27. The summed E-state index contributed by atoms with van der Waals surface area (Å²) < 4.78 is 5.33. The summed E-state index contributed by atoms with van der Waals surface area (Å²) in [5, 5.41) is 4.46. The highest BCUT2D eigenvalue weighted by atomic mass is 35.5. The highest BCUT2D eigenvalue weighted by Gasteiger charge is 2.19. The van der Waals surface area contributed by atoms with Crippen LogP contribution in [0.25, 0.3) is 0 Å². The number of anilines is 1. The number of fused-ring (bicyclic) bond motifs is 1. The highest BCUT2D eigenvalue weighted by Crippen LogP contribution is 2.29. The average molecular weight is 302 g/mol. The van der Waals surface area contributed by atoms with Crippen molar-refractivity contribution in [2.75, 3.05) is 12.4 Å². The molecule has 1 N–H and O–H groups in total. The Hall–Kier alpha value is -1.67. The van der Waals surface area contributed by atoms with Gasteiger partial charge in [0.1, 0.15) is 5.75 Å². The smallest absolute Gasteiger partial charge is 0.119 e. The molecule has 2 aromatic rings. The number of ether oxygens (including phenoxy) is 1. The predicted molar refractivity (Wildman–Crippen MR) is 88.6 cm³/mol. The Morgan fingerprint density at radius 2 is 2.05 bits per heavy atom. The molecule has 0 saturated heterocycles. The van der Waals surface area contributed by atoms with E-state index in [1.54, 1.807) is 7.11 Å². The standard InChI is InChI=1S/C18H20ClNO/c1-12-17(19)4-3-5-18(12)20-15-8-6-13-7-9-16(21-2)11-14(13)10-15/h3-5,7,9,11,15,20H,6,8,10H2,1-2H3. The van der Waals surface area contributed by atoms with Crippen LogP contribution in [0.4, 0.5) is 5.69 Å². The Bertz CT molecular complexity index is 654. The molecule has 0 aromatic heterocycles. The Labute approximate surface area is 131 Å². The maximum atomic E-state index is 6.20. The van der Waals surface area contributed by atoms with Crippen molar-refractivity contribution in [2.24, 2.45) is 0 Å². The molecule has 3 rings (SSSR count). The van der Waals surface area contributed by atoms with Gasteiger partial charge >= 0.3 is 0 Å². The number of aryl methyl sites for hydroxylation is 1. The molecule has 0 aliphatic heterocycles. The minimum absolute atomic E-state index is 0.446. The number of benzene rings is 2. The summed E-state index contributed by atoms with van der Waals surface area (Å²) in [6, 6.07) is 12.9. The quantitative estimate of drug-likeness (QED) is 0.892. The van der Waals surface area contributed by atoms with E-state index in [0.717, 1.165) is 41.3 Å². The van der Waals surface area contributed by atoms with E-state index in [0.29, 0.717) is 6.04 Å². The van der Waals surface area contributed by atoms with E-state index in [1.807, 2.05) is 18.2 Å². The Morgan fingerprint density at radius 3 is 2.86 bits per heavy atom. The van der Waals surface area contributed by atoms with Crippen LogP contribution in [-0.4, -0.2) is 13.2 Å². The second-order valence-corrected chi connectivity index (χ2v) is 6.04. The number of halogens is 1. The van der Waals surface area contributed by atoms with E-state index in [2.05, 4.69) is 30.4 Å². The largest absolute Gasteiger partial charge is 0.497 e. The third-order valence-corrected chi connectivity index (χ3v) is 4.68. The molecule has 3 heteroatoms. The minimum Gasteiger partial charge on any atom is -0.497 e. The van der Waals surface area contributed by atoms with Gasteiger partial charge in [0.25, 0.3) is 0 Å². The maximum Gasteiger partial charge on any atom is 0.119 e. The van der Waals surface area contributed by atoms with Crippen LogP contribution >= 0.6 is 11.6 Å². The van der Waals surface area contributed by atoms with Gasteiger partial charge in [-0.25, -0.2) is 0 Å². The molecule has 110 valence electrons. The van der Waals surface area contributed by atoms with E-state index < -0.39 is 0 Å². The third kappa shape index (κ3) is 3.01. The van der Waals surface area contributed by atoms with Gasteiger partial charge in [-0.2, -0.15) is 0 Å². The van der Waals surface area contributed by atoms with Crippen molar-refractivity contribution in [3.8, 4) is 5.75 Å². The van der Waals surface area contributed by atoms with Crippen LogP contribution < -0.4 is 10.1 Å². The van der Waals surface area contributed by atoms with E-state index >= 15 is 0 Å². The molecular formula is C18H20ClNO. The highest BCUT2D eigenvalue weighted by molar-refractivity contribution is 6.31. The molecule has 0 heterocycles. The second kappa shape index (κ2) is 5.98. The summed E-state index contributed by atoms with van der Waals surface area (Å²) in [6.07, 6.45) is 3.28. The lowest BCUT2D eigenvalue weighted by Gasteiger charge is -2.27. The van der Waals surface area contributed by atoms with E-state index in [9.17, 15) is 0 Å². The summed E-state index contributed by atoms with van der Waals surface area (Å²) in [5.74, 6) is 0.938. The van der Waals surface area contributed by atoms with Crippen LogP contribution in [0.2, 0.25) is 5.02 Å². The molecule has 1 aliphatic carbocycles. The zero-order valence-electron chi connectivity index (χ0n) is 12.4. The van der Waals surface area contributed by atoms with Crippen LogP contribution in [-0.2, 0) is 12.8 Å². The van der Waals surface area contributed by atoms with Crippen LogP contribution in [0, 0.1) is 6.92 Å². The number of methoxy groups -OCH3 is 1. The number of nitrogens with one attached hydrogen (secondary N) is 1. The van der Waals surface area contributed by atoms with E-state index in [-0.39, 0.29) is 0 Å². The number of hydrogen-bond donors (Lipinski definition) is 1. The molecule has 0 saturated carbocycles. The van der Waals surface area contributed by atoms with Crippen molar-refractivity contribution in [1.29, 1.82) is 0 Å². The van der Waals surface area contributed by atoms with Gasteiger partial charge in [-0.1, -0.05) is 23.7 Å². The fourth-order valence-corrected chi connectivity index (χ4v) is 3.14. The predicted octanol–water partition coefficient (Wildman–Crippen LogP) is 4.63. The maximum absolute atomic E-state index is 6.20. The normalized spacial score (nSPS) is 17.2. The topological polar surface area (TPSA) is 21.3 Å². The molecule has 0 radical (unpaired) electrons. The van der Waals surface area contributed by atoms with Gasteiger partial charge < -0.3 is 10.1 Å². The fourth-order valence-electron chi connectivity index (χ4n) is 2.97. The van der Waals surface area contributed by atoms with Crippen molar-refractivity contribution < 1.29 is 4.74 Å². The molecule has 1 atom stereocenters. The first-order valence-corrected chi connectivity index (χ1v) is 7.72. The molecular weight excluding hydrogens is 282 g/mol. The van der Waals surface area contributed by atoms with Gasteiger partial charge in [-0.3, -0.25) is 0 Å². The average Bonchev–Trinajstić information content (AvgIpc) is 2.51. The van der Waals surface area contributed by atoms with E-state index in [1.165, 1.54) is 11.1 Å².